The summed E-state index contributed by atoms with van der Waals surface area (Å²) >= 11 is 0. The first kappa shape index (κ1) is 21.0. The summed E-state index contributed by atoms with van der Waals surface area (Å²) in [5.41, 5.74) is 8.13. The highest BCUT2D eigenvalue weighted by Gasteiger charge is 2.14. The van der Waals surface area contributed by atoms with Gasteiger partial charge in [0.2, 0.25) is 0 Å². The van der Waals surface area contributed by atoms with Gasteiger partial charge in [-0.1, -0.05) is 82.5 Å². The van der Waals surface area contributed by atoms with E-state index in [1.54, 1.807) is 6.21 Å². The van der Waals surface area contributed by atoms with Gasteiger partial charge in [0, 0.05) is 11.9 Å². The molecular weight excluding hydrogens is 384 g/mol. The number of para-hydroxylation sites is 1. The van der Waals surface area contributed by atoms with Crippen molar-refractivity contribution < 1.29 is 0 Å². The summed E-state index contributed by atoms with van der Waals surface area (Å²) in [6.07, 6.45) is 6.60. The molecule has 0 spiro atoms. The molecule has 0 saturated carbocycles. The lowest BCUT2D eigenvalue weighted by Gasteiger charge is -2.06. The Labute approximate surface area is 183 Å². The molecule has 0 aliphatic heterocycles. The number of hydrazone groups is 1. The summed E-state index contributed by atoms with van der Waals surface area (Å²) in [7, 11) is 0. The maximum absolute atomic E-state index is 4.74. The number of unbranched alkanes of at least 4 members (excludes halogenated alkanes) is 3. The zero-order chi connectivity index (χ0) is 21.6. The molecule has 4 aromatic rings. The third kappa shape index (κ3) is 4.74. The minimum atomic E-state index is 0.403. The second-order valence-corrected chi connectivity index (χ2v) is 8.23. The van der Waals surface area contributed by atoms with Crippen molar-refractivity contribution in [2.24, 2.45) is 5.10 Å². The Hall–Kier alpha value is -3.28. The zero-order valence-corrected chi connectivity index (χ0v) is 18.5. The number of aryl methyl sites for hydroxylation is 1. The average molecular weight is 415 g/mol. The molecule has 0 amide bonds. The molecule has 1 N–H and O–H groups in total. The van der Waals surface area contributed by atoms with Crippen LogP contribution in [-0.2, 0) is 6.54 Å². The van der Waals surface area contributed by atoms with Gasteiger partial charge in [-0.2, -0.15) is 10.1 Å². The maximum Gasteiger partial charge on any atom is 0.265 e. The van der Waals surface area contributed by atoms with Gasteiger partial charge in [0.15, 0.2) is 5.65 Å². The lowest BCUT2D eigenvalue weighted by molar-refractivity contribution is 0.600. The van der Waals surface area contributed by atoms with Crippen molar-refractivity contribution in [3.05, 3.63) is 59.7 Å². The third-order valence-electron chi connectivity index (χ3n) is 5.59. The second-order valence-electron chi connectivity index (χ2n) is 8.23. The molecule has 0 radical (unpaired) electrons. The van der Waals surface area contributed by atoms with E-state index < -0.39 is 0 Å². The Morgan fingerprint density at radius 3 is 2.58 bits per heavy atom. The number of benzene rings is 2. The molecule has 6 heteroatoms. The van der Waals surface area contributed by atoms with E-state index in [4.69, 9.17) is 4.98 Å². The van der Waals surface area contributed by atoms with Crippen LogP contribution in [-0.4, -0.2) is 26.0 Å². The van der Waals surface area contributed by atoms with Crippen LogP contribution in [0.3, 0.4) is 0 Å². The van der Waals surface area contributed by atoms with Gasteiger partial charge in [-0.3, -0.25) is 0 Å². The molecule has 0 saturated heterocycles. The van der Waals surface area contributed by atoms with Crippen molar-refractivity contribution in [3.8, 4) is 0 Å². The number of hydrogen-bond donors (Lipinski definition) is 1. The van der Waals surface area contributed by atoms with Crippen LogP contribution >= 0.6 is 0 Å². The van der Waals surface area contributed by atoms with Crippen molar-refractivity contribution >= 4 is 34.2 Å². The molecule has 2 aromatic heterocycles. The van der Waals surface area contributed by atoms with Gasteiger partial charge in [0.05, 0.1) is 11.7 Å². The molecule has 6 nitrogen and oxygen atoms in total. The molecule has 160 valence electrons. The fourth-order valence-corrected chi connectivity index (χ4v) is 3.81. The van der Waals surface area contributed by atoms with Crippen LogP contribution in [0.5, 0.6) is 0 Å². The molecule has 0 atom stereocenters. The molecule has 31 heavy (non-hydrogen) atoms. The largest absolute Gasteiger partial charge is 0.324 e. The minimum absolute atomic E-state index is 0.403. The number of anilines is 1. The van der Waals surface area contributed by atoms with E-state index in [9.17, 15) is 0 Å². The number of rotatable bonds is 9. The summed E-state index contributed by atoms with van der Waals surface area (Å²) < 4.78 is 2.26. The third-order valence-corrected chi connectivity index (χ3v) is 5.59. The van der Waals surface area contributed by atoms with E-state index in [2.05, 4.69) is 88.5 Å². The molecule has 4 rings (SSSR count). The van der Waals surface area contributed by atoms with Crippen molar-refractivity contribution in [2.75, 3.05) is 5.43 Å². The van der Waals surface area contributed by atoms with Crippen LogP contribution in [0.2, 0.25) is 0 Å². The number of hydrogen-bond acceptors (Lipinski definition) is 5. The standard InChI is InChI=1S/C25H30N6/c1-4-5-6-9-16-31-22-11-8-7-10-21(22)23-24(31)27-25(30-28-23)29-26-17-19-12-14-20(15-13-19)18(2)3/h7-8,10-15,17-18H,4-6,9,16H2,1-3H3,(H,27,29,30)/b26-17+. The van der Waals surface area contributed by atoms with E-state index in [1.165, 1.54) is 24.8 Å². The Morgan fingerprint density at radius 1 is 1.00 bits per heavy atom. The number of nitrogens with one attached hydrogen (secondary N) is 1. The van der Waals surface area contributed by atoms with Crippen LogP contribution in [0, 0.1) is 0 Å². The summed E-state index contributed by atoms with van der Waals surface area (Å²) in [6, 6.07) is 16.7. The summed E-state index contributed by atoms with van der Waals surface area (Å²) in [4.78, 5) is 4.74. The second kappa shape index (κ2) is 9.69. The highest BCUT2D eigenvalue weighted by molar-refractivity contribution is 6.04. The lowest BCUT2D eigenvalue weighted by atomic mass is 10.0. The Bertz CT molecular complexity index is 1170. The topological polar surface area (TPSA) is 68.0 Å². The highest BCUT2D eigenvalue weighted by atomic mass is 15.4. The first-order chi connectivity index (χ1) is 15.2. The Kier molecular flexibility index (Phi) is 6.55. The van der Waals surface area contributed by atoms with E-state index in [1.807, 2.05) is 6.07 Å². The number of aromatic nitrogens is 4. The molecule has 2 heterocycles. The van der Waals surface area contributed by atoms with Crippen molar-refractivity contribution in [2.45, 2.75) is 58.9 Å². The van der Waals surface area contributed by atoms with Crippen LogP contribution in [0.25, 0.3) is 22.1 Å². The summed E-state index contributed by atoms with van der Waals surface area (Å²) in [5, 5.41) is 14.1. The van der Waals surface area contributed by atoms with Gasteiger partial charge < -0.3 is 4.57 Å². The predicted molar refractivity (Wildman–Crippen MR) is 129 cm³/mol. The van der Waals surface area contributed by atoms with Crippen molar-refractivity contribution in [3.63, 3.8) is 0 Å². The van der Waals surface area contributed by atoms with Gasteiger partial charge >= 0.3 is 0 Å². The van der Waals surface area contributed by atoms with E-state index in [0.717, 1.165) is 40.6 Å². The van der Waals surface area contributed by atoms with Crippen LogP contribution < -0.4 is 5.43 Å². The SMILES string of the molecule is CCCCCCn1c2ccccc2c2nnc(N/N=C/c3ccc(C(C)C)cc3)nc21. The number of nitrogens with zero attached hydrogens (tertiary/aromatic N) is 5. The smallest absolute Gasteiger partial charge is 0.265 e. The molecule has 0 unspecified atom stereocenters. The molecule has 0 aliphatic rings. The van der Waals surface area contributed by atoms with E-state index >= 15 is 0 Å². The monoisotopic (exact) mass is 414 g/mol. The first-order valence-corrected chi connectivity index (χ1v) is 11.2. The zero-order valence-electron chi connectivity index (χ0n) is 18.5. The first-order valence-electron chi connectivity index (χ1n) is 11.2. The van der Waals surface area contributed by atoms with Gasteiger partial charge in [0.25, 0.3) is 5.95 Å². The molecular formula is C25H30N6. The number of fused-ring (bicyclic) bond motifs is 3. The lowest BCUT2D eigenvalue weighted by Crippen LogP contribution is -2.03. The Morgan fingerprint density at radius 2 is 1.81 bits per heavy atom. The van der Waals surface area contributed by atoms with Crippen molar-refractivity contribution in [1.29, 1.82) is 0 Å². The molecule has 0 fully saturated rings. The highest BCUT2D eigenvalue weighted by Crippen LogP contribution is 2.27. The summed E-state index contributed by atoms with van der Waals surface area (Å²) in [6.45, 7) is 7.53. The van der Waals surface area contributed by atoms with Gasteiger partial charge in [-0.05, 0) is 29.5 Å². The van der Waals surface area contributed by atoms with E-state index in [0.29, 0.717) is 11.9 Å². The van der Waals surface area contributed by atoms with Crippen LogP contribution in [0.1, 0.15) is 63.5 Å². The maximum atomic E-state index is 4.74. The quantitative estimate of drug-likeness (QED) is 0.203. The molecule has 0 bridgehead atoms. The van der Waals surface area contributed by atoms with Gasteiger partial charge in [-0.25, -0.2) is 5.43 Å². The fourth-order valence-electron chi connectivity index (χ4n) is 3.81. The van der Waals surface area contributed by atoms with Crippen LogP contribution in [0.4, 0.5) is 5.95 Å². The van der Waals surface area contributed by atoms with Crippen LogP contribution in [0.15, 0.2) is 53.6 Å². The minimum Gasteiger partial charge on any atom is -0.324 e. The predicted octanol–water partition coefficient (Wildman–Crippen LogP) is 6.13. The summed E-state index contributed by atoms with van der Waals surface area (Å²) in [5.74, 6) is 0.921. The van der Waals surface area contributed by atoms with Crippen molar-refractivity contribution in [1.82, 2.24) is 19.7 Å². The van der Waals surface area contributed by atoms with Gasteiger partial charge in [-0.15, -0.1) is 10.2 Å². The average Bonchev–Trinajstić information content (AvgIpc) is 3.10. The van der Waals surface area contributed by atoms with Gasteiger partial charge in [0.1, 0.15) is 5.52 Å². The fraction of sp³-hybridized carbons (Fsp3) is 0.360. The molecule has 2 aromatic carbocycles. The van der Waals surface area contributed by atoms with E-state index in [-0.39, 0.29) is 0 Å². The molecule has 0 aliphatic carbocycles. The Balaban J connectivity index is 1.57. The normalized spacial score (nSPS) is 11.9.